The molecule has 0 aliphatic heterocycles. The second-order valence-electron chi connectivity index (χ2n) is 3.53. The number of unbranched alkanes of at least 4 members (excludes halogenated alkanes) is 3. The van der Waals surface area contributed by atoms with Crippen LogP contribution in [0.2, 0.25) is 0 Å². The quantitative estimate of drug-likeness (QED) is 0.591. The summed E-state index contributed by atoms with van der Waals surface area (Å²) in [4.78, 5) is 0. The number of rotatable bonds is 7. The third kappa shape index (κ3) is 7.99. The molecular formula is C10H21FO. The Bertz CT molecular complexity index is 93.8. The lowest BCUT2D eigenvalue weighted by atomic mass is 10.1. The first-order valence-electron chi connectivity index (χ1n) is 4.99. The molecular weight excluding hydrogens is 155 g/mol. The van der Waals surface area contributed by atoms with Crippen molar-refractivity contribution in [2.75, 3.05) is 0 Å². The normalized spacial score (nSPS) is 16.0. The molecule has 0 aliphatic carbocycles. The summed E-state index contributed by atoms with van der Waals surface area (Å²) in [7, 11) is 0. The molecule has 0 saturated carbocycles. The number of hydrogen-bond donors (Lipinski definition) is 1. The molecule has 0 radical (unpaired) electrons. The summed E-state index contributed by atoms with van der Waals surface area (Å²) in [5.74, 6) is 0. The van der Waals surface area contributed by atoms with Crippen molar-refractivity contribution in [3.8, 4) is 0 Å². The molecule has 0 saturated heterocycles. The van der Waals surface area contributed by atoms with Crippen LogP contribution < -0.4 is 0 Å². The Hall–Kier alpha value is -0.110. The molecule has 0 spiro atoms. The predicted molar refractivity (Wildman–Crippen MR) is 50.0 cm³/mol. The number of hydrogen-bond acceptors (Lipinski definition) is 1. The molecule has 12 heavy (non-hydrogen) atoms. The molecule has 0 aromatic rings. The molecule has 0 aromatic heterocycles. The lowest BCUT2D eigenvalue weighted by Crippen LogP contribution is -2.10. The molecule has 1 nitrogen and oxygen atoms in total. The van der Waals surface area contributed by atoms with Crippen LogP contribution in [0.1, 0.15) is 52.4 Å². The molecule has 0 aromatic carbocycles. The number of halogens is 1. The van der Waals surface area contributed by atoms with Gasteiger partial charge in [0.1, 0.15) is 6.17 Å². The van der Waals surface area contributed by atoms with Crippen LogP contribution in [-0.4, -0.2) is 17.4 Å². The fourth-order valence-electron chi connectivity index (χ4n) is 1.28. The zero-order chi connectivity index (χ0) is 9.40. The van der Waals surface area contributed by atoms with Crippen LogP contribution in [-0.2, 0) is 0 Å². The highest BCUT2D eigenvalue weighted by molar-refractivity contribution is 4.60. The van der Waals surface area contributed by atoms with E-state index < -0.39 is 12.3 Å². The van der Waals surface area contributed by atoms with E-state index in [-0.39, 0.29) is 0 Å². The van der Waals surface area contributed by atoms with E-state index in [1.165, 1.54) is 12.8 Å². The Kier molecular flexibility index (Phi) is 7.47. The predicted octanol–water partition coefficient (Wildman–Crippen LogP) is 3.07. The summed E-state index contributed by atoms with van der Waals surface area (Å²) in [6.07, 6.45) is 4.08. The highest BCUT2D eigenvalue weighted by Gasteiger charge is 2.08. The Morgan fingerprint density at radius 2 is 1.92 bits per heavy atom. The van der Waals surface area contributed by atoms with Gasteiger partial charge in [0.2, 0.25) is 0 Å². The van der Waals surface area contributed by atoms with Crippen molar-refractivity contribution in [3.05, 3.63) is 0 Å². The van der Waals surface area contributed by atoms with Gasteiger partial charge in [0, 0.05) is 6.42 Å². The highest BCUT2D eigenvalue weighted by atomic mass is 19.1. The number of aliphatic hydroxyl groups excluding tert-OH is 1. The van der Waals surface area contributed by atoms with E-state index in [1.54, 1.807) is 6.92 Å². The molecule has 2 heteroatoms. The first-order valence-corrected chi connectivity index (χ1v) is 4.99. The highest BCUT2D eigenvalue weighted by Crippen LogP contribution is 2.12. The van der Waals surface area contributed by atoms with E-state index in [0.29, 0.717) is 12.8 Å². The largest absolute Gasteiger partial charge is 0.393 e. The number of alkyl halides is 1. The fraction of sp³-hybridized carbons (Fsp3) is 1.00. The lowest BCUT2D eigenvalue weighted by molar-refractivity contribution is 0.136. The first-order chi connectivity index (χ1) is 5.66. The lowest BCUT2D eigenvalue weighted by Gasteiger charge is -2.09. The first kappa shape index (κ1) is 11.9. The van der Waals surface area contributed by atoms with E-state index in [0.717, 1.165) is 12.8 Å². The van der Waals surface area contributed by atoms with Crippen LogP contribution in [0.3, 0.4) is 0 Å². The van der Waals surface area contributed by atoms with Crippen molar-refractivity contribution in [2.24, 2.45) is 0 Å². The smallest absolute Gasteiger partial charge is 0.103 e. The average Bonchev–Trinajstić information content (AvgIpc) is 1.97. The molecule has 0 bridgehead atoms. The molecule has 1 N–H and O–H groups in total. The van der Waals surface area contributed by atoms with Crippen molar-refractivity contribution in [3.63, 3.8) is 0 Å². The standard InChI is InChI=1S/C10H21FO/c1-3-4-5-6-7-10(11)8-9(2)12/h9-10,12H,3-8H2,1-2H3. The van der Waals surface area contributed by atoms with E-state index >= 15 is 0 Å². The van der Waals surface area contributed by atoms with Gasteiger partial charge >= 0.3 is 0 Å². The average molecular weight is 176 g/mol. The van der Waals surface area contributed by atoms with E-state index in [2.05, 4.69) is 6.92 Å². The van der Waals surface area contributed by atoms with Crippen molar-refractivity contribution in [2.45, 2.75) is 64.6 Å². The molecule has 2 unspecified atom stereocenters. The van der Waals surface area contributed by atoms with Gasteiger partial charge in [-0.2, -0.15) is 0 Å². The van der Waals surface area contributed by atoms with Gasteiger partial charge in [-0.15, -0.1) is 0 Å². The summed E-state index contributed by atoms with van der Waals surface area (Å²) < 4.78 is 12.9. The van der Waals surface area contributed by atoms with Crippen LogP contribution in [0.15, 0.2) is 0 Å². The topological polar surface area (TPSA) is 20.2 Å². The van der Waals surface area contributed by atoms with Crippen molar-refractivity contribution >= 4 is 0 Å². The van der Waals surface area contributed by atoms with Gasteiger partial charge in [-0.1, -0.05) is 32.6 Å². The molecule has 0 aliphatic rings. The third-order valence-corrected chi connectivity index (χ3v) is 1.97. The Morgan fingerprint density at radius 1 is 1.25 bits per heavy atom. The molecule has 0 fully saturated rings. The Balaban J connectivity index is 3.14. The zero-order valence-corrected chi connectivity index (χ0v) is 8.22. The van der Waals surface area contributed by atoms with Gasteiger partial charge in [-0.25, -0.2) is 4.39 Å². The van der Waals surface area contributed by atoms with Crippen LogP contribution >= 0.6 is 0 Å². The molecule has 0 heterocycles. The van der Waals surface area contributed by atoms with Crippen LogP contribution in [0.5, 0.6) is 0 Å². The van der Waals surface area contributed by atoms with Gasteiger partial charge in [-0.05, 0) is 13.3 Å². The van der Waals surface area contributed by atoms with E-state index in [4.69, 9.17) is 5.11 Å². The van der Waals surface area contributed by atoms with Crippen LogP contribution in [0.25, 0.3) is 0 Å². The fourth-order valence-corrected chi connectivity index (χ4v) is 1.28. The summed E-state index contributed by atoms with van der Waals surface area (Å²) in [5, 5.41) is 8.89. The molecule has 2 atom stereocenters. The van der Waals surface area contributed by atoms with Crippen molar-refractivity contribution in [1.29, 1.82) is 0 Å². The summed E-state index contributed by atoms with van der Waals surface area (Å²) in [6, 6.07) is 0. The Morgan fingerprint density at radius 3 is 2.42 bits per heavy atom. The van der Waals surface area contributed by atoms with E-state index in [9.17, 15) is 4.39 Å². The Labute approximate surface area is 75.0 Å². The second-order valence-corrected chi connectivity index (χ2v) is 3.53. The van der Waals surface area contributed by atoms with Crippen LogP contribution in [0, 0.1) is 0 Å². The maximum atomic E-state index is 12.9. The summed E-state index contributed by atoms with van der Waals surface area (Å²) >= 11 is 0. The van der Waals surface area contributed by atoms with Crippen molar-refractivity contribution < 1.29 is 9.50 Å². The SMILES string of the molecule is CCCCCCC(F)CC(C)O. The second kappa shape index (κ2) is 7.53. The zero-order valence-electron chi connectivity index (χ0n) is 8.22. The third-order valence-electron chi connectivity index (χ3n) is 1.97. The minimum atomic E-state index is -0.804. The molecule has 0 amide bonds. The van der Waals surface area contributed by atoms with Gasteiger partial charge in [0.15, 0.2) is 0 Å². The maximum Gasteiger partial charge on any atom is 0.103 e. The van der Waals surface area contributed by atoms with E-state index in [1.807, 2.05) is 0 Å². The number of aliphatic hydroxyl groups is 1. The summed E-state index contributed by atoms with van der Waals surface area (Å²) in [6.45, 7) is 3.78. The minimum Gasteiger partial charge on any atom is -0.393 e. The van der Waals surface area contributed by atoms with Gasteiger partial charge in [0.25, 0.3) is 0 Å². The molecule has 74 valence electrons. The van der Waals surface area contributed by atoms with Gasteiger partial charge < -0.3 is 5.11 Å². The maximum absolute atomic E-state index is 12.9. The van der Waals surface area contributed by atoms with Gasteiger partial charge in [0.05, 0.1) is 6.10 Å². The van der Waals surface area contributed by atoms with Crippen molar-refractivity contribution in [1.82, 2.24) is 0 Å². The monoisotopic (exact) mass is 176 g/mol. The van der Waals surface area contributed by atoms with Crippen LogP contribution in [0.4, 0.5) is 4.39 Å². The molecule has 0 rings (SSSR count). The summed E-state index contributed by atoms with van der Waals surface area (Å²) in [5.41, 5.74) is 0. The van der Waals surface area contributed by atoms with Gasteiger partial charge in [-0.3, -0.25) is 0 Å². The minimum absolute atomic E-state index is 0.298.